The van der Waals surface area contributed by atoms with Crippen molar-refractivity contribution >= 4 is 10.8 Å². The minimum Gasteiger partial charge on any atom is -0.310 e. The third-order valence-corrected chi connectivity index (χ3v) is 3.23. The first-order chi connectivity index (χ1) is 8.72. The second kappa shape index (κ2) is 5.96. The van der Waals surface area contributed by atoms with Crippen molar-refractivity contribution in [3.63, 3.8) is 0 Å². The number of rotatable bonds is 5. The molecule has 0 amide bonds. The van der Waals surface area contributed by atoms with E-state index in [4.69, 9.17) is 0 Å². The fraction of sp³-hybridized carbons (Fsp3) is 0.438. The van der Waals surface area contributed by atoms with E-state index < -0.39 is 0 Å². The van der Waals surface area contributed by atoms with Crippen LogP contribution in [-0.4, -0.2) is 11.5 Å². The largest absolute Gasteiger partial charge is 0.310 e. The minimum absolute atomic E-state index is 0.397. The first-order valence-electron chi connectivity index (χ1n) is 6.78. The molecule has 0 fully saturated rings. The SMILES string of the molecule is CCNC(CC(C)C)c1cncc2ccccc12. The molecule has 0 bridgehead atoms. The van der Waals surface area contributed by atoms with Crippen molar-refractivity contribution in [2.75, 3.05) is 6.54 Å². The Kier molecular flexibility index (Phi) is 4.32. The average Bonchev–Trinajstić information content (AvgIpc) is 2.37. The maximum Gasteiger partial charge on any atom is 0.0346 e. The number of nitrogens with zero attached hydrogens (tertiary/aromatic N) is 1. The highest BCUT2D eigenvalue weighted by Crippen LogP contribution is 2.27. The summed E-state index contributed by atoms with van der Waals surface area (Å²) in [6.45, 7) is 7.68. The Morgan fingerprint density at radius 2 is 1.94 bits per heavy atom. The van der Waals surface area contributed by atoms with Crippen molar-refractivity contribution in [2.45, 2.75) is 33.2 Å². The predicted molar refractivity (Wildman–Crippen MR) is 77.6 cm³/mol. The molecule has 1 atom stereocenters. The molecular formula is C16H22N2. The van der Waals surface area contributed by atoms with Gasteiger partial charge in [0.15, 0.2) is 0 Å². The molecule has 1 aromatic carbocycles. The van der Waals surface area contributed by atoms with Gasteiger partial charge in [-0.25, -0.2) is 0 Å². The van der Waals surface area contributed by atoms with Gasteiger partial charge in [0.05, 0.1) is 0 Å². The fourth-order valence-corrected chi connectivity index (χ4v) is 2.46. The predicted octanol–water partition coefficient (Wildman–Crippen LogP) is 3.93. The highest BCUT2D eigenvalue weighted by Gasteiger charge is 2.15. The number of hydrogen-bond acceptors (Lipinski definition) is 2. The summed E-state index contributed by atoms with van der Waals surface area (Å²) in [4.78, 5) is 4.38. The summed E-state index contributed by atoms with van der Waals surface area (Å²) in [5.74, 6) is 0.674. The highest BCUT2D eigenvalue weighted by molar-refractivity contribution is 5.85. The van der Waals surface area contributed by atoms with Crippen LogP contribution in [0, 0.1) is 5.92 Å². The third kappa shape index (κ3) is 2.88. The Balaban J connectivity index is 2.43. The van der Waals surface area contributed by atoms with Gasteiger partial charge in [-0.15, -0.1) is 0 Å². The van der Waals surface area contributed by atoms with Gasteiger partial charge in [0.25, 0.3) is 0 Å². The first kappa shape index (κ1) is 13.0. The lowest BCUT2D eigenvalue weighted by molar-refractivity contribution is 0.440. The molecule has 1 N–H and O–H groups in total. The molecule has 0 saturated carbocycles. The van der Waals surface area contributed by atoms with Crippen LogP contribution in [0.4, 0.5) is 0 Å². The summed E-state index contributed by atoms with van der Waals surface area (Å²) in [5.41, 5.74) is 1.32. The monoisotopic (exact) mass is 242 g/mol. The van der Waals surface area contributed by atoms with Crippen LogP contribution in [0.25, 0.3) is 10.8 Å². The van der Waals surface area contributed by atoms with Crippen LogP contribution < -0.4 is 5.32 Å². The lowest BCUT2D eigenvalue weighted by Gasteiger charge is -2.21. The van der Waals surface area contributed by atoms with Crippen molar-refractivity contribution in [1.29, 1.82) is 0 Å². The van der Waals surface area contributed by atoms with Crippen molar-refractivity contribution < 1.29 is 0 Å². The Morgan fingerprint density at radius 3 is 2.67 bits per heavy atom. The standard InChI is InChI=1S/C16H22N2/c1-4-18-16(9-12(2)3)15-11-17-10-13-7-5-6-8-14(13)15/h5-8,10-12,16,18H,4,9H2,1-3H3. The van der Waals surface area contributed by atoms with Crippen molar-refractivity contribution in [1.82, 2.24) is 10.3 Å². The normalized spacial score (nSPS) is 13.1. The van der Waals surface area contributed by atoms with Crippen LogP contribution in [0.15, 0.2) is 36.7 Å². The molecule has 0 aliphatic heterocycles. The Bertz CT molecular complexity index is 500. The summed E-state index contributed by atoms with van der Waals surface area (Å²) in [7, 11) is 0. The van der Waals surface area contributed by atoms with Gasteiger partial charge < -0.3 is 5.32 Å². The van der Waals surface area contributed by atoms with Gasteiger partial charge in [0.2, 0.25) is 0 Å². The summed E-state index contributed by atoms with van der Waals surface area (Å²) >= 11 is 0. The molecule has 2 rings (SSSR count). The molecule has 0 saturated heterocycles. The third-order valence-electron chi connectivity index (χ3n) is 3.23. The molecule has 18 heavy (non-hydrogen) atoms. The van der Waals surface area contributed by atoms with Crippen LogP contribution in [0.3, 0.4) is 0 Å². The number of hydrogen-bond donors (Lipinski definition) is 1. The van der Waals surface area contributed by atoms with E-state index >= 15 is 0 Å². The van der Waals surface area contributed by atoms with Crippen LogP contribution in [0.2, 0.25) is 0 Å². The minimum atomic E-state index is 0.397. The molecule has 0 aliphatic rings. The van der Waals surface area contributed by atoms with Crippen LogP contribution in [0.5, 0.6) is 0 Å². The molecule has 0 radical (unpaired) electrons. The Morgan fingerprint density at radius 1 is 1.17 bits per heavy atom. The van der Waals surface area contributed by atoms with E-state index in [0.29, 0.717) is 12.0 Å². The second-order valence-corrected chi connectivity index (χ2v) is 5.19. The number of aromatic nitrogens is 1. The van der Waals surface area contributed by atoms with E-state index in [0.717, 1.165) is 13.0 Å². The summed E-state index contributed by atoms with van der Waals surface area (Å²) < 4.78 is 0. The van der Waals surface area contributed by atoms with Crippen LogP contribution in [0.1, 0.15) is 38.8 Å². The van der Waals surface area contributed by atoms with Crippen LogP contribution in [-0.2, 0) is 0 Å². The number of pyridine rings is 1. The van der Waals surface area contributed by atoms with Gasteiger partial charge in [0.1, 0.15) is 0 Å². The highest BCUT2D eigenvalue weighted by atomic mass is 14.9. The number of nitrogens with one attached hydrogen (secondary N) is 1. The molecule has 2 heteroatoms. The molecule has 1 unspecified atom stereocenters. The van der Waals surface area contributed by atoms with Gasteiger partial charge in [0, 0.05) is 23.8 Å². The van der Waals surface area contributed by atoms with E-state index in [1.807, 2.05) is 12.4 Å². The first-order valence-corrected chi connectivity index (χ1v) is 6.78. The molecule has 2 aromatic rings. The zero-order valence-electron chi connectivity index (χ0n) is 11.5. The van der Waals surface area contributed by atoms with Gasteiger partial charge in [-0.3, -0.25) is 4.98 Å². The summed E-state index contributed by atoms with van der Waals surface area (Å²) in [6, 6.07) is 8.89. The molecule has 1 aromatic heterocycles. The van der Waals surface area contributed by atoms with Gasteiger partial charge >= 0.3 is 0 Å². The zero-order chi connectivity index (χ0) is 13.0. The van der Waals surface area contributed by atoms with Crippen molar-refractivity contribution in [2.24, 2.45) is 5.92 Å². The smallest absolute Gasteiger partial charge is 0.0346 e. The Hall–Kier alpha value is -1.41. The van der Waals surface area contributed by atoms with Crippen molar-refractivity contribution in [3.8, 4) is 0 Å². The lowest BCUT2D eigenvalue weighted by atomic mass is 9.94. The number of fused-ring (bicyclic) bond motifs is 1. The molecule has 1 heterocycles. The molecule has 96 valence electrons. The van der Waals surface area contributed by atoms with E-state index in [2.05, 4.69) is 55.3 Å². The van der Waals surface area contributed by atoms with Gasteiger partial charge in [-0.1, -0.05) is 45.0 Å². The van der Waals surface area contributed by atoms with E-state index in [-0.39, 0.29) is 0 Å². The van der Waals surface area contributed by atoms with E-state index in [1.54, 1.807) is 0 Å². The lowest BCUT2D eigenvalue weighted by Crippen LogP contribution is -2.22. The molecule has 2 nitrogen and oxygen atoms in total. The van der Waals surface area contributed by atoms with E-state index in [9.17, 15) is 0 Å². The molecule has 0 aliphatic carbocycles. The molecular weight excluding hydrogens is 220 g/mol. The maximum absolute atomic E-state index is 4.38. The fourth-order valence-electron chi connectivity index (χ4n) is 2.46. The van der Waals surface area contributed by atoms with Gasteiger partial charge in [-0.2, -0.15) is 0 Å². The average molecular weight is 242 g/mol. The molecule has 0 spiro atoms. The zero-order valence-corrected chi connectivity index (χ0v) is 11.5. The van der Waals surface area contributed by atoms with Crippen molar-refractivity contribution in [3.05, 3.63) is 42.2 Å². The van der Waals surface area contributed by atoms with Gasteiger partial charge in [-0.05, 0) is 29.8 Å². The Labute approximate surface area is 109 Å². The quantitative estimate of drug-likeness (QED) is 0.859. The maximum atomic E-state index is 4.38. The topological polar surface area (TPSA) is 24.9 Å². The summed E-state index contributed by atoms with van der Waals surface area (Å²) in [6.07, 6.45) is 5.10. The second-order valence-electron chi connectivity index (χ2n) is 5.19. The van der Waals surface area contributed by atoms with Crippen LogP contribution >= 0.6 is 0 Å². The summed E-state index contributed by atoms with van der Waals surface area (Å²) in [5, 5.41) is 6.12. The van der Waals surface area contributed by atoms with E-state index in [1.165, 1.54) is 16.3 Å². The number of benzene rings is 1.